The van der Waals surface area contributed by atoms with Crippen LogP contribution >= 0.6 is 0 Å². The van der Waals surface area contributed by atoms with Gasteiger partial charge in [0.15, 0.2) is 0 Å². The van der Waals surface area contributed by atoms with Crippen molar-refractivity contribution in [3.05, 3.63) is 11.9 Å². The fourth-order valence-electron chi connectivity index (χ4n) is 2.89. The highest BCUT2D eigenvalue weighted by molar-refractivity contribution is 5.58. The summed E-state index contributed by atoms with van der Waals surface area (Å²) in [5.41, 5.74) is 3.00. The summed E-state index contributed by atoms with van der Waals surface area (Å²) in [5, 5.41) is 10.5. The molecule has 1 fully saturated rings. The van der Waals surface area contributed by atoms with E-state index in [2.05, 4.69) is 15.4 Å². The molecule has 1 aromatic heterocycles. The molecule has 1 aromatic rings. The second-order valence-corrected chi connectivity index (χ2v) is 5.31. The molecule has 2 rings (SSSR count). The van der Waals surface area contributed by atoms with Crippen molar-refractivity contribution in [2.24, 2.45) is 5.84 Å². The standard InChI is InChI=1S/C13H23N5O/c1-3-10-11(17-14)15-9-16-12(10)18(2)8-13(19)6-4-5-7-13/h9,19H,3-8,14H2,1-2H3,(H,15,16,17). The molecule has 6 nitrogen and oxygen atoms in total. The van der Waals surface area contributed by atoms with Crippen molar-refractivity contribution in [2.75, 3.05) is 23.9 Å². The molecule has 0 aromatic carbocycles. The molecule has 0 spiro atoms. The van der Waals surface area contributed by atoms with E-state index >= 15 is 0 Å². The number of nitrogens with zero attached hydrogens (tertiary/aromatic N) is 3. The Morgan fingerprint density at radius 3 is 2.68 bits per heavy atom. The molecule has 1 heterocycles. The second kappa shape index (κ2) is 5.71. The third kappa shape index (κ3) is 2.96. The number of hydrogen-bond acceptors (Lipinski definition) is 6. The maximum absolute atomic E-state index is 10.5. The first kappa shape index (κ1) is 14.0. The van der Waals surface area contributed by atoms with Crippen LogP contribution in [0.25, 0.3) is 0 Å². The van der Waals surface area contributed by atoms with Crippen molar-refractivity contribution in [1.29, 1.82) is 0 Å². The molecule has 19 heavy (non-hydrogen) atoms. The summed E-state index contributed by atoms with van der Waals surface area (Å²) < 4.78 is 0. The van der Waals surface area contributed by atoms with Gasteiger partial charge in [0, 0.05) is 19.2 Å². The van der Waals surface area contributed by atoms with Gasteiger partial charge in [-0.05, 0) is 19.3 Å². The third-order valence-corrected chi connectivity index (χ3v) is 3.84. The van der Waals surface area contributed by atoms with E-state index in [9.17, 15) is 5.11 Å². The van der Waals surface area contributed by atoms with Crippen molar-refractivity contribution in [1.82, 2.24) is 9.97 Å². The molecule has 0 atom stereocenters. The molecule has 1 aliphatic carbocycles. The summed E-state index contributed by atoms with van der Waals surface area (Å²) in [5.74, 6) is 6.97. The minimum Gasteiger partial charge on any atom is -0.388 e. The fourth-order valence-corrected chi connectivity index (χ4v) is 2.89. The number of rotatable bonds is 5. The Morgan fingerprint density at radius 1 is 1.42 bits per heavy atom. The highest BCUT2D eigenvalue weighted by Gasteiger charge is 2.33. The van der Waals surface area contributed by atoms with Crippen LogP contribution in [0.15, 0.2) is 6.33 Å². The lowest BCUT2D eigenvalue weighted by Gasteiger charge is -2.30. The summed E-state index contributed by atoms with van der Waals surface area (Å²) in [6.07, 6.45) is 6.23. The van der Waals surface area contributed by atoms with E-state index in [1.54, 1.807) is 0 Å². The summed E-state index contributed by atoms with van der Waals surface area (Å²) in [6, 6.07) is 0. The average Bonchev–Trinajstić information content (AvgIpc) is 2.83. The van der Waals surface area contributed by atoms with E-state index in [-0.39, 0.29) is 0 Å². The van der Waals surface area contributed by atoms with Gasteiger partial charge in [0.05, 0.1) is 5.60 Å². The van der Waals surface area contributed by atoms with Crippen LogP contribution in [0.1, 0.15) is 38.2 Å². The number of likely N-dealkylation sites (N-methyl/N-ethyl adjacent to an activating group) is 1. The number of nitrogens with two attached hydrogens (primary N) is 1. The maximum atomic E-state index is 10.5. The summed E-state index contributed by atoms with van der Waals surface area (Å²) >= 11 is 0. The molecular formula is C13H23N5O. The van der Waals surface area contributed by atoms with E-state index in [1.807, 2.05) is 18.9 Å². The van der Waals surface area contributed by atoms with Crippen LogP contribution in [-0.2, 0) is 6.42 Å². The number of aromatic nitrogens is 2. The quantitative estimate of drug-likeness (QED) is 0.545. The van der Waals surface area contributed by atoms with Gasteiger partial charge >= 0.3 is 0 Å². The van der Waals surface area contributed by atoms with Crippen molar-refractivity contribution in [2.45, 2.75) is 44.6 Å². The van der Waals surface area contributed by atoms with E-state index in [4.69, 9.17) is 5.84 Å². The minimum atomic E-state index is -0.582. The Bertz CT molecular complexity index is 431. The molecule has 6 heteroatoms. The summed E-state index contributed by atoms with van der Waals surface area (Å²) in [4.78, 5) is 10.5. The highest BCUT2D eigenvalue weighted by Crippen LogP contribution is 2.32. The van der Waals surface area contributed by atoms with Crippen LogP contribution in [-0.4, -0.2) is 34.3 Å². The van der Waals surface area contributed by atoms with Gasteiger partial charge in [0.1, 0.15) is 18.0 Å². The van der Waals surface area contributed by atoms with Crippen LogP contribution in [0.3, 0.4) is 0 Å². The van der Waals surface area contributed by atoms with Crippen molar-refractivity contribution >= 4 is 11.6 Å². The smallest absolute Gasteiger partial charge is 0.148 e. The molecular weight excluding hydrogens is 242 g/mol. The molecule has 1 saturated carbocycles. The monoisotopic (exact) mass is 265 g/mol. The van der Waals surface area contributed by atoms with Gasteiger partial charge in [-0.15, -0.1) is 0 Å². The van der Waals surface area contributed by atoms with Crippen LogP contribution in [0, 0.1) is 0 Å². The first-order valence-corrected chi connectivity index (χ1v) is 6.83. The van der Waals surface area contributed by atoms with E-state index in [0.717, 1.165) is 43.5 Å². The van der Waals surface area contributed by atoms with Crippen molar-refractivity contribution in [3.63, 3.8) is 0 Å². The van der Waals surface area contributed by atoms with Gasteiger partial charge in [0.2, 0.25) is 0 Å². The molecule has 0 aliphatic heterocycles. The number of aliphatic hydroxyl groups is 1. The Kier molecular flexibility index (Phi) is 4.21. The van der Waals surface area contributed by atoms with E-state index in [1.165, 1.54) is 6.33 Å². The van der Waals surface area contributed by atoms with Gasteiger partial charge in [-0.1, -0.05) is 19.8 Å². The predicted molar refractivity (Wildman–Crippen MR) is 75.9 cm³/mol. The zero-order valence-corrected chi connectivity index (χ0v) is 11.7. The Balaban J connectivity index is 2.20. The zero-order valence-electron chi connectivity index (χ0n) is 11.7. The minimum absolute atomic E-state index is 0.582. The lowest BCUT2D eigenvalue weighted by Crippen LogP contribution is -2.40. The van der Waals surface area contributed by atoms with Crippen LogP contribution < -0.4 is 16.2 Å². The lowest BCUT2D eigenvalue weighted by atomic mass is 10.0. The summed E-state index contributed by atoms with van der Waals surface area (Å²) in [7, 11) is 1.96. The predicted octanol–water partition coefficient (Wildman–Crippen LogP) is 1.07. The Labute approximate surface area is 114 Å². The van der Waals surface area contributed by atoms with Crippen LogP contribution in [0.5, 0.6) is 0 Å². The number of hydrogen-bond donors (Lipinski definition) is 3. The van der Waals surface area contributed by atoms with Gasteiger partial charge in [-0.2, -0.15) is 0 Å². The van der Waals surface area contributed by atoms with Crippen LogP contribution in [0.2, 0.25) is 0 Å². The van der Waals surface area contributed by atoms with E-state index in [0.29, 0.717) is 12.4 Å². The average molecular weight is 265 g/mol. The first-order valence-electron chi connectivity index (χ1n) is 6.83. The van der Waals surface area contributed by atoms with Gasteiger partial charge in [0.25, 0.3) is 0 Å². The van der Waals surface area contributed by atoms with Crippen molar-refractivity contribution < 1.29 is 5.11 Å². The number of anilines is 2. The molecule has 0 bridgehead atoms. The maximum Gasteiger partial charge on any atom is 0.148 e. The Morgan fingerprint density at radius 2 is 2.11 bits per heavy atom. The fraction of sp³-hybridized carbons (Fsp3) is 0.692. The largest absolute Gasteiger partial charge is 0.388 e. The van der Waals surface area contributed by atoms with Crippen LogP contribution in [0.4, 0.5) is 11.6 Å². The number of hydrazine groups is 1. The molecule has 1 aliphatic rings. The molecule has 4 N–H and O–H groups in total. The highest BCUT2D eigenvalue weighted by atomic mass is 16.3. The molecule has 106 valence electrons. The normalized spacial score (nSPS) is 17.5. The summed E-state index contributed by atoms with van der Waals surface area (Å²) in [6.45, 7) is 2.64. The number of nitrogen functional groups attached to an aromatic ring is 1. The van der Waals surface area contributed by atoms with Gasteiger partial charge in [-0.25, -0.2) is 15.8 Å². The van der Waals surface area contributed by atoms with E-state index < -0.39 is 5.60 Å². The first-order chi connectivity index (χ1) is 9.09. The molecule has 0 unspecified atom stereocenters. The molecule has 0 radical (unpaired) electrons. The third-order valence-electron chi connectivity index (χ3n) is 3.84. The zero-order chi connectivity index (χ0) is 13.9. The number of nitrogens with one attached hydrogen (secondary N) is 1. The lowest BCUT2D eigenvalue weighted by molar-refractivity contribution is 0.0557. The Hall–Kier alpha value is -1.40. The van der Waals surface area contributed by atoms with Gasteiger partial charge < -0.3 is 15.4 Å². The SMILES string of the molecule is CCc1c(NN)ncnc1N(C)CC1(O)CCCC1. The van der Waals surface area contributed by atoms with Crippen molar-refractivity contribution in [3.8, 4) is 0 Å². The van der Waals surface area contributed by atoms with Gasteiger partial charge in [-0.3, -0.25) is 0 Å². The topological polar surface area (TPSA) is 87.3 Å². The second-order valence-electron chi connectivity index (χ2n) is 5.31. The molecule has 0 amide bonds. The molecule has 0 saturated heterocycles.